The van der Waals surface area contributed by atoms with E-state index in [0.29, 0.717) is 26.0 Å². The van der Waals surface area contributed by atoms with E-state index < -0.39 is 5.91 Å². The molecule has 2 heterocycles. The zero-order chi connectivity index (χ0) is 35.8. The first-order chi connectivity index (χ1) is 23.3. The maximum absolute atomic E-state index is 13.2. The number of Topliss-reactive ketones (excluding diaryl/α,β-unsaturated/α-hetero) is 1. The lowest BCUT2D eigenvalue weighted by molar-refractivity contribution is -0.173. The molecule has 13 heteroatoms. The molecule has 2 aliphatic heterocycles. The van der Waals surface area contributed by atoms with Gasteiger partial charge in [-0.3, -0.25) is 24.0 Å². The van der Waals surface area contributed by atoms with Crippen LogP contribution in [0.1, 0.15) is 92.4 Å². The second-order valence-electron chi connectivity index (χ2n) is 15.0. The summed E-state index contributed by atoms with van der Waals surface area (Å²) in [6.45, 7) is 10.5. The minimum absolute atomic E-state index is 0.00922. The largest absolute Gasteiger partial charge is 0.460 e. The summed E-state index contributed by atoms with van der Waals surface area (Å²) in [5.74, 6) is -1.17. The maximum Gasteiger partial charge on any atom is 0.306 e. The Morgan fingerprint density at radius 2 is 1.61 bits per heavy atom. The van der Waals surface area contributed by atoms with E-state index in [1.165, 1.54) is 5.57 Å². The average molecular weight is 691 g/mol. The highest BCUT2D eigenvalue weighted by Crippen LogP contribution is 2.59. The number of esters is 1. The van der Waals surface area contributed by atoms with E-state index >= 15 is 0 Å². The van der Waals surface area contributed by atoms with Gasteiger partial charge in [0.15, 0.2) is 5.78 Å². The molecule has 0 aromatic carbocycles. The topological polar surface area (TPSA) is 177 Å². The van der Waals surface area contributed by atoms with Gasteiger partial charge in [-0.05, 0) is 71.6 Å². The van der Waals surface area contributed by atoms with Crippen molar-refractivity contribution >= 4 is 29.5 Å². The van der Waals surface area contributed by atoms with Crippen LogP contribution in [0, 0.1) is 17.8 Å². The summed E-state index contributed by atoms with van der Waals surface area (Å²) in [5, 5.41) is 10.9. The molecular formula is C36H58N4O9. The van der Waals surface area contributed by atoms with Crippen LogP contribution in [0.4, 0.5) is 0 Å². The molecule has 4 aliphatic rings. The molecule has 1 spiro atoms. The van der Waals surface area contributed by atoms with Crippen molar-refractivity contribution in [1.29, 1.82) is 0 Å². The molecular weight excluding hydrogens is 632 g/mol. The molecule has 4 unspecified atom stereocenters. The molecule has 0 aromatic rings. The molecule has 4 rings (SSSR count). The lowest BCUT2D eigenvalue weighted by Crippen LogP contribution is -2.55. The van der Waals surface area contributed by atoms with Gasteiger partial charge in [0, 0.05) is 38.5 Å². The van der Waals surface area contributed by atoms with E-state index in [4.69, 9.17) is 18.9 Å². The van der Waals surface area contributed by atoms with Crippen LogP contribution in [0.25, 0.3) is 0 Å². The molecule has 49 heavy (non-hydrogen) atoms. The number of ketones is 1. The van der Waals surface area contributed by atoms with Gasteiger partial charge in [0.1, 0.15) is 23.4 Å². The summed E-state index contributed by atoms with van der Waals surface area (Å²) >= 11 is 0. The van der Waals surface area contributed by atoms with Crippen molar-refractivity contribution in [2.24, 2.45) is 17.8 Å². The third-order valence-electron chi connectivity index (χ3n) is 10.6. The number of amides is 3. The van der Waals surface area contributed by atoms with Gasteiger partial charge in [-0.15, -0.1) is 0 Å². The van der Waals surface area contributed by atoms with Gasteiger partial charge >= 0.3 is 5.97 Å². The van der Waals surface area contributed by atoms with E-state index in [2.05, 4.69) is 48.1 Å². The Kier molecular flexibility index (Phi) is 13.8. The standard InChI is InChI=1S/C36H58N4O9/c1-22(2)7-12-28-35(5,49-28)34-33(46-6)27(13-15-36(34)21-47-36)48-32(45)17-24-8-10-25(11-9-24)40-29(42)14-16-37-19-30(43)39-20-31(44)38-18-26(41)23(3)4/h7,23-25,27-28,33-34,37H,8-21H2,1-6H3,(H,38,44)(H,39,43)(H,40,42)/t24?,25?,27?,28-,33?,34?,35?,36+/m1/s1. The second-order valence-corrected chi connectivity index (χ2v) is 15.0. The lowest BCUT2D eigenvalue weighted by Gasteiger charge is -2.42. The van der Waals surface area contributed by atoms with Crippen LogP contribution in [-0.4, -0.2) is 105 Å². The predicted octanol–water partition coefficient (Wildman–Crippen LogP) is 2.11. The highest BCUT2D eigenvalue weighted by Gasteiger charge is 2.72. The van der Waals surface area contributed by atoms with E-state index in [0.717, 1.165) is 38.5 Å². The Morgan fingerprint density at radius 3 is 2.24 bits per heavy atom. The van der Waals surface area contributed by atoms with Gasteiger partial charge in [-0.25, -0.2) is 0 Å². The Balaban J connectivity index is 1.10. The number of rotatable bonds is 18. The smallest absolute Gasteiger partial charge is 0.306 e. The molecule has 13 nitrogen and oxygen atoms in total. The van der Waals surface area contributed by atoms with Crippen molar-refractivity contribution < 1.29 is 42.9 Å². The molecule has 2 saturated heterocycles. The molecule has 6 atom stereocenters. The molecule has 4 N–H and O–H groups in total. The van der Waals surface area contributed by atoms with E-state index in [1.807, 2.05) is 0 Å². The van der Waals surface area contributed by atoms with Crippen LogP contribution in [0.15, 0.2) is 11.6 Å². The number of methoxy groups -OCH3 is 1. The number of epoxide rings is 2. The number of hydrogen-bond acceptors (Lipinski definition) is 10. The van der Waals surface area contributed by atoms with Crippen molar-refractivity contribution in [3.05, 3.63) is 11.6 Å². The first-order valence-electron chi connectivity index (χ1n) is 18.0. The van der Waals surface area contributed by atoms with Crippen LogP contribution in [-0.2, 0) is 42.9 Å². The number of nitrogens with one attached hydrogen (secondary N) is 4. The number of hydrogen-bond donors (Lipinski definition) is 4. The molecule has 0 radical (unpaired) electrons. The third-order valence-corrected chi connectivity index (χ3v) is 10.6. The highest BCUT2D eigenvalue weighted by atomic mass is 16.6. The van der Waals surface area contributed by atoms with Crippen molar-refractivity contribution in [2.45, 2.75) is 128 Å². The van der Waals surface area contributed by atoms with E-state index in [1.54, 1.807) is 21.0 Å². The van der Waals surface area contributed by atoms with E-state index in [9.17, 15) is 24.0 Å². The second kappa shape index (κ2) is 17.4. The summed E-state index contributed by atoms with van der Waals surface area (Å²) < 4.78 is 24.4. The fraction of sp³-hybridized carbons (Fsp3) is 0.806. The van der Waals surface area contributed by atoms with Crippen LogP contribution in [0.2, 0.25) is 0 Å². The Hall–Kier alpha value is -2.87. The number of carbonyl (C=O) groups is 5. The van der Waals surface area contributed by atoms with Crippen molar-refractivity contribution in [3.8, 4) is 0 Å². The number of allylic oxidation sites excluding steroid dienone is 1. The van der Waals surface area contributed by atoms with Gasteiger partial charge in [-0.1, -0.05) is 25.5 Å². The fourth-order valence-corrected chi connectivity index (χ4v) is 7.43. The summed E-state index contributed by atoms with van der Waals surface area (Å²) in [6, 6.07) is 0.0504. The third kappa shape index (κ3) is 11.1. The van der Waals surface area contributed by atoms with Gasteiger partial charge in [0.2, 0.25) is 17.7 Å². The van der Waals surface area contributed by atoms with Crippen LogP contribution in [0.5, 0.6) is 0 Å². The summed E-state index contributed by atoms with van der Waals surface area (Å²) in [5.41, 5.74) is 0.622. The molecule has 2 saturated carbocycles. The van der Waals surface area contributed by atoms with Gasteiger partial charge in [0.25, 0.3) is 0 Å². The number of ether oxygens (including phenoxy) is 4. The van der Waals surface area contributed by atoms with Crippen molar-refractivity contribution in [3.63, 3.8) is 0 Å². The molecule has 0 bridgehead atoms. The molecule has 2 aliphatic carbocycles. The SMILES string of the molecule is COC1C(OC(=O)CC2CCC(NC(=O)CCNCC(=O)NCC(=O)NCC(=O)C(C)C)CC2)CC[C@]2(CO2)C1C1(C)O[C@@H]1CC=C(C)C. The van der Waals surface area contributed by atoms with Gasteiger partial charge in [0.05, 0.1) is 38.3 Å². The van der Waals surface area contributed by atoms with Gasteiger partial charge < -0.3 is 40.2 Å². The summed E-state index contributed by atoms with van der Waals surface area (Å²) in [7, 11) is 1.68. The first kappa shape index (κ1) is 38.9. The van der Waals surface area contributed by atoms with Crippen LogP contribution in [0.3, 0.4) is 0 Å². The molecule has 3 amide bonds. The zero-order valence-electron chi connectivity index (χ0n) is 30.2. The Morgan fingerprint density at radius 1 is 0.939 bits per heavy atom. The van der Waals surface area contributed by atoms with Crippen molar-refractivity contribution in [2.75, 3.05) is 39.9 Å². The lowest BCUT2D eigenvalue weighted by atomic mass is 9.68. The Labute approximate surface area is 290 Å². The van der Waals surface area contributed by atoms with Gasteiger partial charge in [-0.2, -0.15) is 0 Å². The predicted molar refractivity (Wildman–Crippen MR) is 181 cm³/mol. The first-order valence-corrected chi connectivity index (χ1v) is 18.0. The highest BCUT2D eigenvalue weighted by molar-refractivity contribution is 5.89. The molecule has 276 valence electrons. The average Bonchev–Trinajstić information content (AvgIpc) is 3.97. The maximum atomic E-state index is 13.2. The zero-order valence-corrected chi connectivity index (χ0v) is 30.2. The fourth-order valence-electron chi connectivity index (χ4n) is 7.43. The van der Waals surface area contributed by atoms with Crippen LogP contribution < -0.4 is 21.3 Å². The minimum Gasteiger partial charge on any atom is -0.460 e. The molecule has 0 aromatic heterocycles. The quantitative estimate of drug-likeness (QED) is 0.0721. The Bertz CT molecular complexity index is 1220. The normalized spacial score (nSPS) is 31.8. The monoisotopic (exact) mass is 690 g/mol. The molecule has 4 fully saturated rings. The van der Waals surface area contributed by atoms with Crippen molar-refractivity contribution in [1.82, 2.24) is 21.3 Å². The summed E-state index contributed by atoms with van der Waals surface area (Å²) in [4.78, 5) is 61.0. The minimum atomic E-state index is -0.435. The number of carbonyl (C=O) groups excluding carboxylic acids is 5. The van der Waals surface area contributed by atoms with Crippen LogP contribution >= 0.6 is 0 Å². The van der Waals surface area contributed by atoms with E-state index in [-0.39, 0.29) is 103 Å². The summed E-state index contributed by atoms with van der Waals surface area (Å²) in [6.07, 6.45) is 7.82.